The van der Waals surface area contributed by atoms with E-state index < -0.39 is 72.6 Å². The third kappa shape index (κ3) is 7.51. The molecule has 0 saturated carbocycles. The highest BCUT2D eigenvalue weighted by Crippen LogP contribution is 2.20. The summed E-state index contributed by atoms with van der Waals surface area (Å²) in [5, 5.41) is 31.0. The standard InChI is InChI=1S/C18H28N4O9/c1-8(2)14(19)17(29)22-5-3-4-11(22)16(28)20-9(6-12(23)24)15(27)21-10(18(30)31)7-13(25)26/h8-11,14H,3-7,19H2,1-2H3,(H,20,28)(H,21,27)(H,23,24)(H,25,26)(H,30,31). The lowest BCUT2D eigenvalue weighted by atomic mass is 10.0. The first-order chi connectivity index (χ1) is 14.3. The molecule has 1 rings (SSSR count). The zero-order valence-corrected chi connectivity index (χ0v) is 17.2. The minimum absolute atomic E-state index is 0.176. The maximum Gasteiger partial charge on any atom is 0.326 e. The van der Waals surface area contributed by atoms with Crippen LogP contribution >= 0.6 is 0 Å². The highest BCUT2D eigenvalue weighted by Gasteiger charge is 2.39. The Hall–Kier alpha value is -3.22. The van der Waals surface area contributed by atoms with E-state index in [-0.39, 0.29) is 18.9 Å². The van der Waals surface area contributed by atoms with Crippen molar-refractivity contribution in [3.63, 3.8) is 0 Å². The lowest BCUT2D eigenvalue weighted by Crippen LogP contribution is -2.57. The summed E-state index contributed by atoms with van der Waals surface area (Å²) >= 11 is 0. The van der Waals surface area contributed by atoms with Crippen molar-refractivity contribution >= 4 is 35.6 Å². The van der Waals surface area contributed by atoms with Crippen molar-refractivity contribution in [1.82, 2.24) is 15.5 Å². The Labute approximate surface area is 177 Å². The average Bonchev–Trinajstić information content (AvgIpc) is 3.14. The Morgan fingerprint density at radius 3 is 2.00 bits per heavy atom. The second-order valence-corrected chi connectivity index (χ2v) is 7.62. The van der Waals surface area contributed by atoms with Gasteiger partial charge in [-0.2, -0.15) is 0 Å². The number of rotatable bonds is 11. The van der Waals surface area contributed by atoms with E-state index in [2.05, 4.69) is 5.32 Å². The van der Waals surface area contributed by atoms with Crippen molar-refractivity contribution in [2.45, 2.75) is 63.7 Å². The van der Waals surface area contributed by atoms with Gasteiger partial charge < -0.3 is 36.6 Å². The summed E-state index contributed by atoms with van der Waals surface area (Å²) in [5.74, 6) is -7.15. The minimum Gasteiger partial charge on any atom is -0.481 e. The summed E-state index contributed by atoms with van der Waals surface area (Å²) < 4.78 is 0. The van der Waals surface area contributed by atoms with E-state index >= 15 is 0 Å². The van der Waals surface area contributed by atoms with Gasteiger partial charge in [-0.05, 0) is 18.8 Å². The van der Waals surface area contributed by atoms with Gasteiger partial charge in [-0.15, -0.1) is 0 Å². The van der Waals surface area contributed by atoms with Gasteiger partial charge in [0.25, 0.3) is 0 Å². The molecule has 1 fully saturated rings. The molecule has 0 aromatic carbocycles. The number of likely N-dealkylation sites (tertiary alicyclic amines) is 1. The molecule has 3 amide bonds. The molecule has 174 valence electrons. The minimum atomic E-state index is -1.81. The topological polar surface area (TPSA) is 216 Å². The van der Waals surface area contributed by atoms with Crippen LogP contribution in [0.4, 0.5) is 0 Å². The lowest BCUT2D eigenvalue weighted by Gasteiger charge is -2.29. The predicted octanol–water partition coefficient (Wildman–Crippen LogP) is -2.04. The van der Waals surface area contributed by atoms with E-state index in [0.29, 0.717) is 6.42 Å². The largest absolute Gasteiger partial charge is 0.481 e. The van der Waals surface area contributed by atoms with E-state index in [1.54, 1.807) is 13.8 Å². The number of nitrogens with one attached hydrogen (secondary N) is 2. The monoisotopic (exact) mass is 444 g/mol. The summed E-state index contributed by atoms with van der Waals surface area (Å²) in [5.41, 5.74) is 5.87. The molecule has 0 aromatic rings. The molecule has 1 aliphatic rings. The summed E-state index contributed by atoms with van der Waals surface area (Å²) in [7, 11) is 0. The number of carbonyl (C=O) groups is 6. The molecular weight excluding hydrogens is 416 g/mol. The van der Waals surface area contributed by atoms with Crippen molar-refractivity contribution < 1.29 is 44.1 Å². The van der Waals surface area contributed by atoms with Crippen LogP contribution < -0.4 is 16.4 Å². The smallest absolute Gasteiger partial charge is 0.326 e. The molecule has 0 aromatic heterocycles. The van der Waals surface area contributed by atoms with E-state index in [1.807, 2.05) is 5.32 Å². The van der Waals surface area contributed by atoms with Crippen LogP contribution in [-0.2, 0) is 28.8 Å². The zero-order chi connectivity index (χ0) is 23.9. The number of nitrogens with two attached hydrogens (primary N) is 1. The Balaban J connectivity index is 2.95. The van der Waals surface area contributed by atoms with Crippen molar-refractivity contribution in [3.05, 3.63) is 0 Å². The highest BCUT2D eigenvalue weighted by atomic mass is 16.4. The summed E-state index contributed by atoms with van der Waals surface area (Å²) in [6.07, 6.45) is -1.03. The molecule has 31 heavy (non-hydrogen) atoms. The van der Waals surface area contributed by atoms with Crippen LogP contribution in [0.5, 0.6) is 0 Å². The lowest BCUT2D eigenvalue weighted by molar-refractivity contribution is -0.148. The molecular formula is C18H28N4O9. The maximum absolute atomic E-state index is 12.7. The van der Waals surface area contributed by atoms with Gasteiger partial charge in [0, 0.05) is 6.54 Å². The highest BCUT2D eigenvalue weighted by molar-refractivity contribution is 5.96. The van der Waals surface area contributed by atoms with E-state index in [0.717, 1.165) is 0 Å². The molecule has 13 nitrogen and oxygen atoms in total. The van der Waals surface area contributed by atoms with Gasteiger partial charge in [0.15, 0.2) is 0 Å². The number of carboxylic acid groups (broad SMARTS) is 3. The first kappa shape index (κ1) is 25.8. The molecule has 7 N–H and O–H groups in total. The number of nitrogens with zero attached hydrogens (tertiary/aromatic N) is 1. The zero-order valence-electron chi connectivity index (χ0n) is 17.2. The number of amides is 3. The normalized spacial score (nSPS) is 18.7. The molecule has 4 atom stereocenters. The molecule has 4 unspecified atom stereocenters. The first-order valence-electron chi connectivity index (χ1n) is 9.68. The van der Waals surface area contributed by atoms with Crippen LogP contribution in [0.1, 0.15) is 39.5 Å². The molecule has 0 spiro atoms. The molecule has 1 heterocycles. The fraction of sp³-hybridized carbons (Fsp3) is 0.667. The Morgan fingerprint density at radius 1 is 0.968 bits per heavy atom. The number of carbonyl (C=O) groups excluding carboxylic acids is 3. The van der Waals surface area contributed by atoms with Crippen LogP contribution in [0.25, 0.3) is 0 Å². The quantitative estimate of drug-likeness (QED) is 0.205. The molecule has 13 heteroatoms. The third-order valence-electron chi connectivity index (χ3n) is 4.85. The predicted molar refractivity (Wildman–Crippen MR) is 104 cm³/mol. The van der Waals surface area contributed by atoms with Gasteiger partial charge in [0.2, 0.25) is 17.7 Å². The number of aliphatic carboxylic acids is 3. The van der Waals surface area contributed by atoms with Crippen LogP contribution in [0.15, 0.2) is 0 Å². The van der Waals surface area contributed by atoms with Crippen molar-refractivity contribution in [3.8, 4) is 0 Å². The van der Waals surface area contributed by atoms with Crippen LogP contribution in [0.2, 0.25) is 0 Å². The number of hydrogen-bond donors (Lipinski definition) is 6. The number of carboxylic acids is 3. The van der Waals surface area contributed by atoms with Crippen LogP contribution in [0.3, 0.4) is 0 Å². The SMILES string of the molecule is CC(C)C(N)C(=O)N1CCCC1C(=O)NC(CC(=O)O)C(=O)NC(CC(=O)O)C(=O)O. The first-order valence-corrected chi connectivity index (χ1v) is 9.68. The molecule has 0 aliphatic carbocycles. The van der Waals surface area contributed by atoms with Gasteiger partial charge >= 0.3 is 17.9 Å². The van der Waals surface area contributed by atoms with E-state index in [4.69, 9.17) is 21.1 Å². The third-order valence-corrected chi connectivity index (χ3v) is 4.85. The van der Waals surface area contributed by atoms with Gasteiger partial charge in [0.05, 0.1) is 18.9 Å². The van der Waals surface area contributed by atoms with Crippen molar-refractivity contribution in [2.24, 2.45) is 11.7 Å². The van der Waals surface area contributed by atoms with Crippen LogP contribution in [0, 0.1) is 5.92 Å². The van der Waals surface area contributed by atoms with Gasteiger partial charge in [0.1, 0.15) is 18.1 Å². The number of hydrogen-bond acceptors (Lipinski definition) is 7. The molecule has 1 saturated heterocycles. The molecule has 1 aliphatic heterocycles. The summed E-state index contributed by atoms with van der Waals surface area (Å²) in [4.78, 5) is 72.0. The van der Waals surface area contributed by atoms with Crippen molar-refractivity contribution in [1.29, 1.82) is 0 Å². The van der Waals surface area contributed by atoms with Gasteiger partial charge in [-0.1, -0.05) is 13.8 Å². The second-order valence-electron chi connectivity index (χ2n) is 7.62. The van der Waals surface area contributed by atoms with E-state index in [9.17, 15) is 28.8 Å². The maximum atomic E-state index is 12.7. The second kappa shape index (κ2) is 11.2. The fourth-order valence-corrected chi connectivity index (χ4v) is 3.08. The molecule has 0 bridgehead atoms. The average molecular weight is 444 g/mol. The van der Waals surface area contributed by atoms with Crippen molar-refractivity contribution in [2.75, 3.05) is 6.54 Å². The fourth-order valence-electron chi connectivity index (χ4n) is 3.08. The van der Waals surface area contributed by atoms with Gasteiger partial charge in [-0.25, -0.2) is 4.79 Å². The van der Waals surface area contributed by atoms with Crippen LogP contribution in [-0.4, -0.2) is 86.6 Å². The Kier molecular flexibility index (Phi) is 9.37. The molecule has 0 radical (unpaired) electrons. The van der Waals surface area contributed by atoms with E-state index in [1.165, 1.54) is 4.90 Å². The summed E-state index contributed by atoms with van der Waals surface area (Å²) in [6, 6.07) is -5.28. The van der Waals surface area contributed by atoms with Gasteiger partial charge in [-0.3, -0.25) is 24.0 Å². The summed E-state index contributed by atoms with van der Waals surface area (Å²) in [6.45, 7) is 3.76. The Morgan fingerprint density at radius 2 is 1.52 bits per heavy atom. The Bertz CT molecular complexity index is 740.